The predicted octanol–water partition coefficient (Wildman–Crippen LogP) is 3.56. The van der Waals surface area contributed by atoms with Gasteiger partial charge in [0.15, 0.2) is 5.60 Å². The fourth-order valence-corrected chi connectivity index (χ4v) is 3.93. The average molecular weight is 268 g/mol. The van der Waals surface area contributed by atoms with Crippen molar-refractivity contribution in [3.05, 3.63) is 0 Å². The Kier molecular flexibility index (Phi) is 3.49. The first-order chi connectivity index (χ1) is 8.71. The largest absolute Gasteiger partial charge is 0.460 e. The lowest BCUT2D eigenvalue weighted by Gasteiger charge is -2.39. The third-order valence-electron chi connectivity index (χ3n) is 6.52. The molecule has 110 valence electrons. The van der Waals surface area contributed by atoms with E-state index in [9.17, 15) is 4.79 Å². The van der Waals surface area contributed by atoms with Crippen LogP contribution in [0, 0.1) is 16.7 Å². The minimum atomic E-state index is -0.803. The lowest BCUT2D eigenvalue weighted by Crippen LogP contribution is -2.45. The zero-order valence-corrected chi connectivity index (χ0v) is 13.2. The van der Waals surface area contributed by atoms with Crippen molar-refractivity contribution in [1.82, 2.24) is 0 Å². The summed E-state index contributed by atoms with van der Waals surface area (Å²) in [5.74, 6) is 0.484. The molecule has 0 amide bonds. The van der Waals surface area contributed by atoms with E-state index in [4.69, 9.17) is 9.47 Å². The molecule has 0 aromatic rings. The normalized spacial score (nSPS) is 39.1. The molecule has 2 aliphatic carbocycles. The number of methoxy groups -OCH3 is 1. The summed E-state index contributed by atoms with van der Waals surface area (Å²) in [4.78, 5) is 12.4. The molecule has 0 spiro atoms. The van der Waals surface area contributed by atoms with Crippen molar-refractivity contribution in [2.75, 3.05) is 7.11 Å². The third-order valence-corrected chi connectivity index (χ3v) is 6.52. The van der Waals surface area contributed by atoms with E-state index in [-0.39, 0.29) is 22.9 Å². The van der Waals surface area contributed by atoms with Gasteiger partial charge >= 0.3 is 5.97 Å². The molecule has 19 heavy (non-hydrogen) atoms. The van der Waals surface area contributed by atoms with E-state index < -0.39 is 5.60 Å². The molecule has 0 aliphatic heterocycles. The Morgan fingerprint density at radius 1 is 1.37 bits per heavy atom. The van der Waals surface area contributed by atoms with Crippen LogP contribution in [0.4, 0.5) is 0 Å². The number of hydrogen-bond acceptors (Lipinski definition) is 3. The predicted molar refractivity (Wildman–Crippen MR) is 74.8 cm³/mol. The monoisotopic (exact) mass is 268 g/mol. The van der Waals surface area contributed by atoms with Crippen molar-refractivity contribution >= 4 is 5.97 Å². The first-order valence-electron chi connectivity index (χ1n) is 7.47. The maximum atomic E-state index is 12.4. The number of rotatable bonds is 4. The summed E-state index contributed by atoms with van der Waals surface area (Å²) in [5.41, 5.74) is -0.411. The molecule has 0 heterocycles. The molecule has 0 aromatic heterocycles. The van der Waals surface area contributed by atoms with Crippen molar-refractivity contribution < 1.29 is 14.3 Å². The van der Waals surface area contributed by atoms with E-state index in [1.807, 2.05) is 13.8 Å². The molecule has 3 heteroatoms. The SMILES string of the molecule is CCC(C)(OC)C(=O)OC1CC2CCC1(C)C2(C)C. The molecule has 0 aromatic carbocycles. The highest BCUT2D eigenvalue weighted by Gasteiger charge is 2.63. The van der Waals surface area contributed by atoms with Gasteiger partial charge in [0.2, 0.25) is 0 Å². The smallest absolute Gasteiger partial charge is 0.338 e. The fraction of sp³-hybridized carbons (Fsp3) is 0.938. The van der Waals surface area contributed by atoms with Crippen molar-refractivity contribution in [2.45, 2.75) is 72.0 Å². The Hall–Kier alpha value is -0.570. The van der Waals surface area contributed by atoms with Gasteiger partial charge in [-0.15, -0.1) is 0 Å². The van der Waals surface area contributed by atoms with E-state index in [1.54, 1.807) is 7.11 Å². The fourth-order valence-electron chi connectivity index (χ4n) is 3.93. The average Bonchev–Trinajstić information content (AvgIpc) is 2.70. The molecule has 0 N–H and O–H groups in total. The molecule has 2 aliphatic rings. The summed E-state index contributed by atoms with van der Waals surface area (Å²) in [6.45, 7) is 10.7. The Morgan fingerprint density at radius 2 is 2.00 bits per heavy atom. The summed E-state index contributed by atoms with van der Waals surface area (Å²) in [5, 5.41) is 0. The number of fused-ring (bicyclic) bond motifs is 2. The van der Waals surface area contributed by atoms with Crippen LogP contribution in [-0.2, 0) is 14.3 Å². The highest BCUT2D eigenvalue weighted by molar-refractivity contribution is 5.79. The Balaban J connectivity index is 2.12. The Labute approximate surface area is 117 Å². The van der Waals surface area contributed by atoms with Gasteiger partial charge in [-0.25, -0.2) is 4.79 Å². The summed E-state index contributed by atoms with van der Waals surface area (Å²) in [7, 11) is 1.58. The van der Waals surface area contributed by atoms with Gasteiger partial charge in [0.1, 0.15) is 6.10 Å². The molecular formula is C16H28O3. The van der Waals surface area contributed by atoms with Crippen LogP contribution in [0.25, 0.3) is 0 Å². The Bertz CT molecular complexity index is 370. The zero-order chi connectivity index (χ0) is 14.5. The topological polar surface area (TPSA) is 35.5 Å². The maximum absolute atomic E-state index is 12.4. The minimum absolute atomic E-state index is 0.0507. The van der Waals surface area contributed by atoms with Crippen LogP contribution in [0.2, 0.25) is 0 Å². The highest BCUT2D eigenvalue weighted by Crippen LogP contribution is 2.66. The number of hydrogen-bond donors (Lipinski definition) is 0. The van der Waals surface area contributed by atoms with Crippen molar-refractivity contribution in [3.8, 4) is 0 Å². The second kappa shape index (κ2) is 4.47. The Morgan fingerprint density at radius 3 is 2.37 bits per heavy atom. The van der Waals surface area contributed by atoms with Gasteiger partial charge in [-0.1, -0.05) is 27.7 Å². The molecule has 2 saturated carbocycles. The van der Waals surface area contributed by atoms with Crippen LogP contribution < -0.4 is 0 Å². The standard InChI is InChI=1S/C16H28O3/c1-7-16(5,18-6)13(17)19-12-10-11-8-9-15(12,4)14(11,2)3/h11-12H,7-10H2,1-6H3. The lowest BCUT2D eigenvalue weighted by atomic mass is 9.70. The van der Waals surface area contributed by atoms with Gasteiger partial charge in [0, 0.05) is 12.5 Å². The van der Waals surface area contributed by atoms with Gasteiger partial charge < -0.3 is 9.47 Å². The molecule has 4 atom stereocenters. The summed E-state index contributed by atoms with van der Waals surface area (Å²) >= 11 is 0. The second-order valence-electron chi connectivity index (χ2n) is 7.29. The van der Waals surface area contributed by atoms with Gasteiger partial charge in [-0.2, -0.15) is 0 Å². The highest BCUT2D eigenvalue weighted by atomic mass is 16.6. The van der Waals surface area contributed by atoms with Crippen LogP contribution in [0.15, 0.2) is 0 Å². The van der Waals surface area contributed by atoms with Crippen LogP contribution in [0.5, 0.6) is 0 Å². The number of carbonyl (C=O) groups excluding carboxylic acids is 1. The van der Waals surface area contributed by atoms with E-state index in [0.29, 0.717) is 12.3 Å². The molecule has 0 radical (unpaired) electrons. The van der Waals surface area contributed by atoms with Crippen molar-refractivity contribution in [1.29, 1.82) is 0 Å². The van der Waals surface area contributed by atoms with E-state index in [2.05, 4.69) is 20.8 Å². The quantitative estimate of drug-likeness (QED) is 0.731. The van der Waals surface area contributed by atoms with Crippen LogP contribution in [-0.4, -0.2) is 24.8 Å². The first kappa shape index (κ1) is 14.8. The van der Waals surface area contributed by atoms with Gasteiger partial charge in [0.05, 0.1) is 0 Å². The van der Waals surface area contributed by atoms with Crippen LogP contribution in [0.3, 0.4) is 0 Å². The van der Waals surface area contributed by atoms with E-state index in [1.165, 1.54) is 12.8 Å². The third kappa shape index (κ3) is 1.93. The maximum Gasteiger partial charge on any atom is 0.338 e. The molecule has 2 fully saturated rings. The van der Waals surface area contributed by atoms with Gasteiger partial charge in [-0.3, -0.25) is 0 Å². The number of carbonyl (C=O) groups is 1. The van der Waals surface area contributed by atoms with Crippen LogP contribution in [0.1, 0.15) is 60.3 Å². The number of esters is 1. The van der Waals surface area contributed by atoms with Gasteiger partial charge in [0.25, 0.3) is 0 Å². The summed E-state index contributed by atoms with van der Waals surface area (Å²) in [6, 6.07) is 0. The minimum Gasteiger partial charge on any atom is -0.460 e. The van der Waals surface area contributed by atoms with Crippen molar-refractivity contribution in [3.63, 3.8) is 0 Å². The molecule has 2 bridgehead atoms. The zero-order valence-electron chi connectivity index (χ0n) is 13.2. The lowest BCUT2D eigenvalue weighted by molar-refractivity contribution is -0.180. The number of ether oxygens (including phenoxy) is 2. The van der Waals surface area contributed by atoms with Crippen LogP contribution >= 0.6 is 0 Å². The molecule has 0 saturated heterocycles. The van der Waals surface area contributed by atoms with E-state index in [0.717, 1.165) is 6.42 Å². The van der Waals surface area contributed by atoms with Crippen molar-refractivity contribution in [2.24, 2.45) is 16.7 Å². The second-order valence-corrected chi connectivity index (χ2v) is 7.29. The molecule has 3 nitrogen and oxygen atoms in total. The van der Waals surface area contributed by atoms with Gasteiger partial charge in [-0.05, 0) is 43.9 Å². The van der Waals surface area contributed by atoms with E-state index >= 15 is 0 Å². The molecular weight excluding hydrogens is 240 g/mol. The molecule has 4 unspecified atom stereocenters. The summed E-state index contributed by atoms with van der Waals surface area (Å²) < 4.78 is 11.2. The first-order valence-corrected chi connectivity index (χ1v) is 7.47. The summed E-state index contributed by atoms with van der Waals surface area (Å²) in [6.07, 6.45) is 4.14. The molecule has 2 rings (SSSR count).